The van der Waals surface area contributed by atoms with Gasteiger partial charge >= 0.3 is 0 Å². The third-order valence-corrected chi connectivity index (χ3v) is 2.08. The first-order chi connectivity index (χ1) is 8.76. The Morgan fingerprint density at radius 1 is 1.22 bits per heavy atom. The lowest BCUT2D eigenvalue weighted by atomic mass is 10.5. The van der Waals surface area contributed by atoms with Crippen LogP contribution in [0.1, 0.15) is 12.2 Å². The van der Waals surface area contributed by atoms with E-state index in [4.69, 9.17) is 20.1 Å². The Bertz CT molecular complexity index is 349. The molecule has 0 bridgehead atoms. The van der Waals surface area contributed by atoms with Gasteiger partial charge in [0, 0.05) is 26.4 Å². The number of hydrogen-bond donors (Lipinski definition) is 2. The maximum atomic E-state index is 5.43. The summed E-state index contributed by atoms with van der Waals surface area (Å²) >= 11 is 0. The van der Waals surface area contributed by atoms with Gasteiger partial charge < -0.3 is 19.6 Å². The van der Waals surface area contributed by atoms with Crippen molar-refractivity contribution in [1.29, 1.82) is 0 Å². The number of hydrogen-bond acceptors (Lipinski definition) is 7. The van der Waals surface area contributed by atoms with Crippen molar-refractivity contribution in [1.82, 2.24) is 9.97 Å². The maximum Gasteiger partial charge on any atom is 0.218 e. The lowest BCUT2D eigenvalue weighted by molar-refractivity contribution is 0.0795. The molecule has 7 nitrogen and oxygen atoms in total. The van der Waals surface area contributed by atoms with Gasteiger partial charge in [-0.3, -0.25) is 0 Å². The van der Waals surface area contributed by atoms with Gasteiger partial charge in [0.05, 0.1) is 6.61 Å². The molecular formula is C11H20N4O3. The van der Waals surface area contributed by atoms with Crippen LogP contribution in [0.4, 0.5) is 5.82 Å². The molecule has 0 atom stereocenters. The fourth-order valence-electron chi connectivity index (χ4n) is 1.30. The lowest BCUT2D eigenvalue weighted by Crippen LogP contribution is -2.12. The van der Waals surface area contributed by atoms with Crippen LogP contribution in [0.2, 0.25) is 0 Å². The molecule has 0 spiro atoms. The topological polar surface area (TPSA) is 91.5 Å². The zero-order chi connectivity index (χ0) is 13.2. The van der Waals surface area contributed by atoms with Crippen molar-refractivity contribution >= 4 is 5.82 Å². The van der Waals surface area contributed by atoms with E-state index in [0.717, 1.165) is 6.42 Å². The summed E-state index contributed by atoms with van der Waals surface area (Å²) < 4.78 is 15.7. The van der Waals surface area contributed by atoms with Crippen molar-refractivity contribution in [2.75, 3.05) is 39.0 Å². The minimum Gasteiger partial charge on any atom is -0.475 e. The molecule has 0 aliphatic heterocycles. The summed E-state index contributed by atoms with van der Waals surface area (Å²) in [4.78, 5) is 8.18. The molecule has 1 aromatic rings. The molecule has 3 N–H and O–H groups in total. The minimum absolute atomic E-state index is 0.438. The SMILES string of the molecule is COCCCOCCOc1cc(NN)nc(C)n1. The van der Waals surface area contributed by atoms with E-state index in [2.05, 4.69) is 15.4 Å². The van der Waals surface area contributed by atoms with Crippen molar-refractivity contribution in [3.05, 3.63) is 11.9 Å². The van der Waals surface area contributed by atoms with Crippen molar-refractivity contribution in [3.63, 3.8) is 0 Å². The Labute approximate surface area is 107 Å². The number of hydrazine groups is 1. The Morgan fingerprint density at radius 3 is 2.78 bits per heavy atom. The summed E-state index contributed by atoms with van der Waals surface area (Å²) in [6.07, 6.45) is 0.879. The minimum atomic E-state index is 0.438. The number of nitrogen functional groups attached to an aromatic ring is 1. The molecule has 7 heteroatoms. The number of methoxy groups -OCH3 is 1. The van der Waals surface area contributed by atoms with Gasteiger partial charge in [-0.2, -0.15) is 4.98 Å². The first-order valence-corrected chi connectivity index (χ1v) is 5.78. The van der Waals surface area contributed by atoms with E-state index in [-0.39, 0.29) is 0 Å². The van der Waals surface area contributed by atoms with E-state index in [1.165, 1.54) is 0 Å². The van der Waals surface area contributed by atoms with E-state index in [1.54, 1.807) is 20.1 Å². The van der Waals surface area contributed by atoms with Gasteiger partial charge in [0.2, 0.25) is 5.88 Å². The normalized spacial score (nSPS) is 10.4. The highest BCUT2D eigenvalue weighted by Crippen LogP contribution is 2.11. The van der Waals surface area contributed by atoms with E-state index in [1.807, 2.05) is 0 Å². The van der Waals surface area contributed by atoms with Gasteiger partial charge in [0.15, 0.2) is 0 Å². The highest BCUT2D eigenvalue weighted by molar-refractivity contribution is 5.36. The monoisotopic (exact) mass is 256 g/mol. The van der Waals surface area contributed by atoms with Gasteiger partial charge in [-0.1, -0.05) is 0 Å². The molecule has 102 valence electrons. The van der Waals surface area contributed by atoms with Gasteiger partial charge in [-0.15, -0.1) is 0 Å². The predicted molar refractivity (Wildman–Crippen MR) is 67.4 cm³/mol. The average Bonchev–Trinajstić information content (AvgIpc) is 2.37. The van der Waals surface area contributed by atoms with Crippen LogP contribution in [0.5, 0.6) is 5.88 Å². The summed E-state index contributed by atoms with van der Waals surface area (Å²) in [5.74, 6) is 6.89. The number of ether oxygens (including phenoxy) is 3. The fourth-order valence-corrected chi connectivity index (χ4v) is 1.30. The van der Waals surface area contributed by atoms with Crippen molar-refractivity contribution < 1.29 is 14.2 Å². The van der Waals surface area contributed by atoms with Crippen LogP contribution in [0.3, 0.4) is 0 Å². The summed E-state index contributed by atoms with van der Waals surface area (Å²) in [5.41, 5.74) is 2.46. The van der Waals surface area contributed by atoms with E-state index in [9.17, 15) is 0 Å². The molecule has 0 amide bonds. The van der Waals surface area contributed by atoms with Gasteiger partial charge in [0.1, 0.15) is 18.2 Å². The van der Waals surface area contributed by atoms with Gasteiger partial charge in [-0.05, 0) is 13.3 Å². The molecule has 0 saturated carbocycles. The number of aromatic nitrogens is 2. The van der Waals surface area contributed by atoms with E-state index in [0.29, 0.717) is 43.9 Å². The fraction of sp³-hybridized carbons (Fsp3) is 0.636. The Kier molecular flexibility index (Phi) is 7.00. The Hall–Kier alpha value is -1.44. The third kappa shape index (κ3) is 5.76. The second-order valence-corrected chi connectivity index (χ2v) is 3.59. The first-order valence-electron chi connectivity index (χ1n) is 5.78. The molecule has 0 unspecified atom stereocenters. The van der Waals surface area contributed by atoms with E-state index >= 15 is 0 Å². The second kappa shape index (κ2) is 8.62. The zero-order valence-electron chi connectivity index (χ0n) is 10.8. The summed E-state index contributed by atoms with van der Waals surface area (Å²) in [7, 11) is 1.67. The smallest absolute Gasteiger partial charge is 0.218 e. The number of nitrogens with one attached hydrogen (secondary N) is 1. The zero-order valence-corrected chi connectivity index (χ0v) is 10.8. The molecule has 1 aromatic heterocycles. The standard InChI is InChI=1S/C11H20N4O3/c1-9-13-10(15-12)8-11(14-9)18-7-6-17-5-3-4-16-2/h8H,3-7,12H2,1-2H3,(H,13,14,15). The highest BCUT2D eigenvalue weighted by atomic mass is 16.5. The highest BCUT2D eigenvalue weighted by Gasteiger charge is 2.01. The molecule has 1 rings (SSSR count). The van der Waals surface area contributed by atoms with Crippen molar-refractivity contribution in [2.24, 2.45) is 5.84 Å². The van der Waals surface area contributed by atoms with Crippen molar-refractivity contribution in [3.8, 4) is 5.88 Å². The summed E-state index contributed by atoms with van der Waals surface area (Å²) in [5, 5.41) is 0. The summed E-state index contributed by atoms with van der Waals surface area (Å²) in [6.45, 7) is 4.09. The molecular weight excluding hydrogens is 236 g/mol. The molecule has 18 heavy (non-hydrogen) atoms. The first kappa shape index (κ1) is 14.6. The molecule has 0 radical (unpaired) electrons. The molecule has 1 heterocycles. The molecule has 0 aliphatic carbocycles. The van der Waals surface area contributed by atoms with Gasteiger partial charge in [0.25, 0.3) is 0 Å². The third-order valence-electron chi connectivity index (χ3n) is 2.08. The average molecular weight is 256 g/mol. The van der Waals surface area contributed by atoms with Gasteiger partial charge in [-0.25, -0.2) is 10.8 Å². The van der Waals surface area contributed by atoms with Crippen LogP contribution in [0.25, 0.3) is 0 Å². The van der Waals surface area contributed by atoms with Crippen LogP contribution >= 0.6 is 0 Å². The van der Waals surface area contributed by atoms with Crippen LogP contribution in [0, 0.1) is 6.92 Å². The molecule has 0 fully saturated rings. The number of anilines is 1. The molecule has 0 aromatic carbocycles. The predicted octanol–water partition coefficient (Wildman–Crippen LogP) is 0.503. The van der Waals surface area contributed by atoms with Crippen molar-refractivity contribution in [2.45, 2.75) is 13.3 Å². The Balaban J connectivity index is 2.20. The Morgan fingerprint density at radius 2 is 2.06 bits per heavy atom. The second-order valence-electron chi connectivity index (χ2n) is 3.59. The van der Waals surface area contributed by atoms with Crippen LogP contribution in [0.15, 0.2) is 6.07 Å². The van der Waals surface area contributed by atoms with Crippen LogP contribution in [-0.4, -0.2) is 43.5 Å². The van der Waals surface area contributed by atoms with E-state index < -0.39 is 0 Å². The van der Waals surface area contributed by atoms with Crippen LogP contribution in [-0.2, 0) is 9.47 Å². The van der Waals surface area contributed by atoms with Crippen LogP contribution < -0.4 is 16.0 Å². The number of nitrogens with zero attached hydrogens (tertiary/aromatic N) is 2. The largest absolute Gasteiger partial charge is 0.475 e. The number of nitrogens with two attached hydrogens (primary N) is 1. The summed E-state index contributed by atoms with van der Waals surface area (Å²) in [6, 6.07) is 1.64. The quantitative estimate of drug-likeness (QED) is 0.377. The maximum absolute atomic E-state index is 5.43. The molecule has 0 saturated heterocycles. The lowest BCUT2D eigenvalue weighted by Gasteiger charge is -2.08. The molecule has 0 aliphatic rings. The number of aryl methyl sites for hydroxylation is 1. The number of rotatable bonds is 9.